The fraction of sp³-hybridized carbons (Fsp3) is 0.579. The number of benzene rings is 1. The minimum absolute atomic E-state index is 0.482. The minimum Gasteiger partial charge on any atom is -0.486 e. The third-order valence-corrected chi connectivity index (χ3v) is 5.69. The number of nitrogens with zero attached hydrogens (tertiary/aromatic N) is 1. The molecule has 3 rings (SSSR count). The van der Waals surface area contributed by atoms with Gasteiger partial charge < -0.3 is 21.3 Å². The maximum Gasteiger partial charge on any atom is 0.341 e. The van der Waals surface area contributed by atoms with Gasteiger partial charge in [-0.2, -0.15) is 0 Å². The second kappa shape index (κ2) is 7.84. The minimum atomic E-state index is -1.60. The fourth-order valence-electron chi connectivity index (χ4n) is 3.61. The number of hydrogen-bond donors (Lipinski definition) is 4. The summed E-state index contributed by atoms with van der Waals surface area (Å²) in [6.45, 7) is 2.87. The van der Waals surface area contributed by atoms with Crippen LogP contribution in [0.5, 0.6) is 5.75 Å². The van der Waals surface area contributed by atoms with Crippen molar-refractivity contribution in [2.75, 3.05) is 13.1 Å². The molecule has 1 aromatic rings. The molecule has 27 heavy (non-hydrogen) atoms. The number of aryl methyl sites for hydroxylation is 1. The van der Waals surface area contributed by atoms with Crippen LogP contribution in [-0.2, 0) is 16.1 Å². The number of rotatable bonds is 8. The molecule has 148 valence electrons. The highest BCUT2D eigenvalue weighted by Gasteiger charge is 2.46. The first kappa shape index (κ1) is 19.6. The normalized spacial score (nSPS) is 26.6. The number of nitrogens with two attached hydrogens (primary N) is 3. The van der Waals surface area contributed by atoms with Crippen LogP contribution in [0.3, 0.4) is 0 Å². The summed E-state index contributed by atoms with van der Waals surface area (Å²) in [5.74, 6) is 6.48. The Hall–Kier alpha value is -2.16. The predicted octanol–water partition coefficient (Wildman–Crippen LogP) is 0.804. The third kappa shape index (κ3) is 4.07. The van der Waals surface area contributed by atoms with Crippen LogP contribution in [0.25, 0.3) is 0 Å². The summed E-state index contributed by atoms with van der Waals surface area (Å²) in [7, 11) is 0. The second-order valence-corrected chi connectivity index (χ2v) is 7.56. The van der Waals surface area contributed by atoms with Crippen molar-refractivity contribution in [3.63, 3.8) is 0 Å². The van der Waals surface area contributed by atoms with E-state index in [0.717, 1.165) is 30.6 Å². The Balaban J connectivity index is 1.67. The molecule has 0 saturated heterocycles. The highest BCUT2D eigenvalue weighted by Crippen LogP contribution is 2.41. The summed E-state index contributed by atoms with van der Waals surface area (Å²) in [4.78, 5) is 20.7. The van der Waals surface area contributed by atoms with Gasteiger partial charge in [-0.1, -0.05) is 0 Å². The predicted molar refractivity (Wildman–Crippen MR) is 101 cm³/mol. The molecule has 1 aromatic carbocycles. The molecule has 0 spiro atoms. The van der Waals surface area contributed by atoms with Gasteiger partial charge in [0.1, 0.15) is 17.7 Å². The van der Waals surface area contributed by atoms with Crippen molar-refractivity contribution in [2.45, 2.75) is 44.3 Å². The number of carboxylic acids is 1. The van der Waals surface area contributed by atoms with E-state index < -0.39 is 17.7 Å². The number of ether oxygens (including phenoxy) is 1. The van der Waals surface area contributed by atoms with Crippen LogP contribution in [0.15, 0.2) is 23.2 Å². The Morgan fingerprint density at radius 3 is 2.89 bits per heavy atom. The van der Waals surface area contributed by atoms with Gasteiger partial charge in [0.15, 0.2) is 0 Å². The lowest BCUT2D eigenvalue weighted by Gasteiger charge is -2.35. The van der Waals surface area contributed by atoms with Crippen LogP contribution in [0.4, 0.5) is 0 Å². The third-order valence-electron chi connectivity index (χ3n) is 5.69. The van der Waals surface area contributed by atoms with Gasteiger partial charge in [-0.25, -0.2) is 10.7 Å². The number of carbonyl (C=O) groups is 1. The smallest absolute Gasteiger partial charge is 0.341 e. The summed E-state index contributed by atoms with van der Waals surface area (Å²) in [5, 5.41) is 9.39. The van der Waals surface area contributed by atoms with Gasteiger partial charge in [0, 0.05) is 12.1 Å². The summed E-state index contributed by atoms with van der Waals surface area (Å²) in [5.41, 5.74) is 12.0. The molecule has 0 bridgehead atoms. The van der Waals surface area contributed by atoms with E-state index in [9.17, 15) is 9.90 Å². The molecule has 7 N–H and O–H groups in total. The maximum atomic E-state index is 11.5. The first-order valence-electron chi connectivity index (χ1n) is 9.30. The molecule has 0 unspecified atom stereocenters. The Kier molecular flexibility index (Phi) is 5.69. The molecule has 1 saturated carbocycles. The van der Waals surface area contributed by atoms with Gasteiger partial charge in [0.05, 0.1) is 0 Å². The van der Waals surface area contributed by atoms with E-state index in [2.05, 4.69) is 4.99 Å². The topological polar surface area (TPSA) is 146 Å². The van der Waals surface area contributed by atoms with E-state index in [1.54, 1.807) is 6.07 Å². The first-order valence-corrected chi connectivity index (χ1v) is 9.30. The van der Waals surface area contributed by atoms with E-state index in [1.807, 2.05) is 12.1 Å². The van der Waals surface area contributed by atoms with Gasteiger partial charge in [-0.05, 0) is 74.8 Å². The van der Waals surface area contributed by atoms with E-state index >= 15 is 0 Å². The number of aliphatic imine (C=N–C) groups is 1. The molecule has 1 heterocycles. The van der Waals surface area contributed by atoms with Crippen molar-refractivity contribution in [1.29, 1.82) is 0 Å². The molecular formula is C19H28N4O4. The Bertz CT molecular complexity index is 738. The summed E-state index contributed by atoms with van der Waals surface area (Å²) in [6.07, 6.45) is 2.70. The van der Waals surface area contributed by atoms with Crippen LogP contribution < -0.4 is 22.1 Å². The largest absolute Gasteiger partial charge is 0.486 e. The van der Waals surface area contributed by atoms with Crippen molar-refractivity contribution in [1.82, 2.24) is 0 Å². The van der Waals surface area contributed by atoms with E-state index in [4.69, 9.17) is 26.9 Å². The van der Waals surface area contributed by atoms with Crippen LogP contribution in [0, 0.1) is 11.8 Å². The molecule has 8 heteroatoms. The van der Waals surface area contributed by atoms with Gasteiger partial charge in [0.25, 0.3) is 0 Å². The number of carboxylic acid groups (broad SMARTS) is 1. The Morgan fingerprint density at radius 2 is 2.22 bits per heavy atom. The van der Waals surface area contributed by atoms with Gasteiger partial charge >= 0.3 is 5.97 Å². The first-order chi connectivity index (χ1) is 12.9. The number of hydrogen-bond acceptors (Lipinski definition) is 6. The zero-order valence-electron chi connectivity index (χ0n) is 15.6. The summed E-state index contributed by atoms with van der Waals surface area (Å²) >= 11 is 0. The fourth-order valence-corrected chi connectivity index (χ4v) is 3.61. The SMILES string of the molecule is C[C@@](ON)(C(=O)O)[C@H]1CCc2cc(C(N)=NC[C@@H]3C[C@H]3CCN)ccc2O1. The van der Waals surface area contributed by atoms with E-state index in [-0.39, 0.29) is 0 Å². The quantitative estimate of drug-likeness (QED) is 0.298. The maximum absolute atomic E-state index is 11.5. The molecule has 0 radical (unpaired) electrons. The summed E-state index contributed by atoms with van der Waals surface area (Å²) < 4.78 is 5.85. The zero-order chi connectivity index (χ0) is 19.6. The molecule has 1 fully saturated rings. The van der Waals surface area contributed by atoms with Crippen molar-refractivity contribution < 1.29 is 19.5 Å². The number of fused-ring (bicyclic) bond motifs is 1. The number of aliphatic carboxylic acids is 1. The second-order valence-electron chi connectivity index (χ2n) is 7.56. The molecule has 2 aliphatic rings. The monoisotopic (exact) mass is 376 g/mol. The van der Waals surface area contributed by atoms with Crippen molar-refractivity contribution in [2.24, 2.45) is 34.2 Å². The lowest BCUT2D eigenvalue weighted by atomic mass is 9.90. The Labute approximate surface area is 158 Å². The molecule has 4 atom stereocenters. The zero-order valence-corrected chi connectivity index (χ0v) is 15.6. The molecular weight excluding hydrogens is 348 g/mol. The molecule has 1 aliphatic carbocycles. The lowest BCUT2D eigenvalue weighted by Crippen LogP contribution is -2.54. The highest BCUT2D eigenvalue weighted by atomic mass is 16.7. The number of amidine groups is 1. The van der Waals surface area contributed by atoms with Crippen molar-refractivity contribution in [3.05, 3.63) is 29.3 Å². The van der Waals surface area contributed by atoms with E-state index in [0.29, 0.717) is 36.3 Å². The van der Waals surface area contributed by atoms with Crippen LogP contribution >= 0.6 is 0 Å². The average Bonchev–Trinajstić information content (AvgIpc) is 3.42. The van der Waals surface area contributed by atoms with Crippen LogP contribution in [0.1, 0.15) is 37.3 Å². The van der Waals surface area contributed by atoms with Gasteiger partial charge in [-0.15, -0.1) is 0 Å². The summed E-state index contributed by atoms with van der Waals surface area (Å²) in [6, 6.07) is 5.59. The van der Waals surface area contributed by atoms with Crippen molar-refractivity contribution >= 4 is 11.8 Å². The molecule has 0 amide bonds. The van der Waals surface area contributed by atoms with Crippen LogP contribution in [-0.4, -0.2) is 41.7 Å². The Morgan fingerprint density at radius 1 is 1.44 bits per heavy atom. The lowest BCUT2D eigenvalue weighted by molar-refractivity contribution is -0.179. The van der Waals surface area contributed by atoms with Crippen molar-refractivity contribution in [3.8, 4) is 5.75 Å². The standard InChI is InChI=1S/C19H28N4O4/c1-19(27-22,18(24)25)16-5-3-12-9-13(2-4-15(12)26-16)17(21)23-10-14-8-11(14)6-7-20/h2,4,9,11,14,16H,3,5-8,10,20,22H2,1H3,(H2,21,23)(H,24,25)/t11-,14+,16-,19+/m1/s1. The highest BCUT2D eigenvalue weighted by molar-refractivity contribution is 5.97. The molecule has 0 aromatic heterocycles. The van der Waals surface area contributed by atoms with Crippen LogP contribution in [0.2, 0.25) is 0 Å². The van der Waals surface area contributed by atoms with Gasteiger partial charge in [0.2, 0.25) is 5.60 Å². The average molecular weight is 376 g/mol. The van der Waals surface area contributed by atoms with E-state index in [1.165, 1.54) is 13.3 Å². The van der Waals surface area contributed by atoms with Gasteiger partial charge in [-0.3, -0.25) is 9.83 Å². The molecule has 8 nitrogen and oxygen atoms in total. The molecule has 1 aliphatic heterocycles.